The van der Waals surface area contributed by atoms with Gasteiger partial charge in [0.15, 0.2) is 0 Å². The molecule has 2 aromatic carbocycles. The molecule has 1 saturated carbocycles. The van der Waals surface area contributed by atoms with Crippen molar-refractivity contribution in [1.82, 2.24) is 15.1 Å². The number of aromatic nitrogens is 2. The maximum absolute atomic E-state index is 13.2. The average molecular weight is 505 g/mol. The molecule has 1 aliphatic carbocycles. The van der Waals surface area contributed by atoms with E-state index in [-0.39, 0.29) is 11.8 Å². The van der Waals surface area contributed by atoms with E-state index < -0.39 is 10.0 Å². The molecule has 2 aliphatic rings. The van der Waals surface area contributed by atoms with Crippen LogP contribution >= 0.6 is 23.2 Å². The third-order valence-electron chi connectivity index (χ3n) is 6.55. The van der Waals surface area contributed by atoms with Crippen LogP contribution in [0.5, 0.6) is 0 Å². The topological polar surface area (TPSA) is 67.2 Å². The second-order valence-corrected chi connectivity index (χ2v) is 11.6. The number of hydrogen-bond acceptors (Lipinski definition) is 4. The molecule has 3 aromatic rings. The van der Waals surface area contributed by atoms with Crippen molar-refractivity contribution in [2.24, 2.45) is 0 Å². The molecular formula is C24H26Cl2N4O2S. The van der Waals surface area contributed by atoms with Gasteiger partial charge in [0.05, 0.1) is 28.2 Å². The minimum atomic E-state index is -3.53. The summed E-state index contributed by atoms with van der Waals surface area (Å²) in [5.74, 6) is -0.0212. The third kappa shape index (κ3) is 4.28. The highest BCUT2D eigenvalue weighted by Gasteiger charge is 2.40. The summed E-state index contributed by atoms with van der Waals surface area (Å²) in [6.07, 6.45) is 5.66. The lowest BCUT2D eigenvalue weighted by Crippen LogP contribution is -2.44. The Morgan fingerprint density at radius 3 is 2.45 bits per heavy atom. The Hall–Kier alpha value is -2.06. The molecule has 6 nitrogen and oxygen atoms in total. The van der Waals surface area contributed by atoms with E-state index in [0.29, 0.717) is 33.2 Å². The van der Waals surface area contributed by atoms with Gasteiger partial charge in [-0.05, 0) is 31.0 Å². The number of sulfonamides is 1. The summed E-state index contributed by atoms with van der Waals surface area (Å²) in [5, 5.41) is 9.57. The molecule has 1 fully saturated rings. The molecule has 1 aliphatic heterocycles. The molecule has 5 rings (SSSR count). The molecule has 0 saturated heterocycles. The molecule has 1 atom stereocenters. The van der Waals surface area contributed by atoms with Gasteiger partial charge in [-0.25, -0.2) is 13.1 Å². The van der Waals surface area contributed by atoms with Crippen molar-refractivity contribution in [3.63, 3.8) is 0 Å². The van der Waals surface area contributed by atoms with E-state index in [1.807, 2.05) is 36.4 Å². The summed E-state index contributed by atoms with van der Waals surface area (Å²) < 4.78 is 29.6. The number of benzene rings is 2. The number of fused-ring (bicyclic) bond motifs is 1. The second-order valence-electron chi connectivity index (χ2n) is 8.76. The van der Waals surface area contributed by atoms with Gasteiger partial charge in [0.2, 0.25) is 10.0 Å². The Morgan fingerprint density at radius 2 is 1.76 bits per heavy atom. The zero-order chi connectivity index (χ0) is 23.2. The van der Waals surface area contributed by atoms with Crippen molar-refractivity contribution in [2.45, 2.75) is 44.2 Å². The largest absolute Gasteiger partial charge is 0.305 e. The van der Waals surface area contributed by atoms with E-state index in [1.165, 1.54) is 10.7 Å². The first-order chi connectivity index (χ1) is 15.8. The second kappa shape index (κ2) is 8.95. The van der Waals surface area contributed by atoms with Crippen molar-refractivity contribution in [1.29, 1.82) is 0 Å². The van der Waals surface area contributed by atoms with E-state index in [4.69, 9.17) is 28.3 Å². The smallest absolute Gasteiger partial charge is 0.236 e. The van der Waals surface area contributed by atoms with Gasteiger partial charge in [0.1, 0.15) is 11.4 Å². The highest BCUT2D eigenvalue weighted by Crippen LogP contribution is 2.44. The average Bonchev–Trinajstić information content (AvgIpc) is 3.19. The van der Waals surface area contributed by atoms with Gasteiger partial charge < -0.3 is 5.32 Å². The maximum atomic E-state index is 13.2. The zero-order valence-corrected chi connectivity index (χ0v) is 20.7. The lowest BCUT2D eigenvalue weighted by Gasteiger charge is -2.33. The summed E-state index contributed by atoms with van der Waals surface area (Å²) in [7, 11) is -1.92. The molecule has 0 spiro atoms. The predicted octanol–water partition coefficient (Wildman–Crippen LogP) is 5.59. The standard InChI is InChI=1S/C24H26Cl2N4O2S/c1-29-24-22(20(15-33(29,31)32)27-18-10-6-3-7-11-18)28-30(21-13-12-17(25)14-19(21)26)23(24)16-8-4-2-5-9-16/h2,4-5,8-9,12-14,18,20,27H,3,6-7,10-11,15H2,1H3. The van der Waals surface area contributed by atoms with Gasteiger partial charge in [-0.3, -0.25) is 4.31 Å². The van der Waals surface area contributed by atoms with Gasteiger partial charge in [-0.2, -0.15) is 5.10 Å². The molecule has 2 heterocycles. The lowest BCUT2D eigenvalue weighted by atomic mass is 9.94. The van der Waals surface area contributed by atoms with Crippen LogP contribution < -0.4 is 9.62 Å². The van der Waals surface area contributed by atoms with E-state index in [9.17, 15) is 8.42 Å². The van der Waals surface area contributed by atoms with Crippen LogP contribution in [0.3, 0.4) is 0 Å². The van der Waals surface area contributed by atoms with Crippen molar-refractivity contribution >= 4 is 38.9 Å². The Labute approximate surface area is 204 Å². The molecule has 0 radical (unpaired) electrons. The first-order valence-corrected chi connectivity index (χ1v) is 13.6. The number of nitrogens with one attached hydrogen (secondary N) is 1. The summed E-state index contributed by atoms with van der Waals surface area (Å²) in [6, 6.07) is 14.8. The summed E-state index contributed by atoms with van der Waals surface area (Å²) in [5.41, 5.74) is 3.51. The van der Waals surface area contributed by atoms with E-state index >= 15 is 0 Å². The molecular weight excluding hydrogens is 479 g/mol. The fourth-order valence-electron chi connectivity index (χ4n) is 4.88. The third-order valence-corrected chi connectivity index (χ3v) is 8.86. The van der Waals surface area contributed by atoms with Crippen LogP contribution in [0.2, 0.25) is 10.0 Å². The lowest BCUT2D eigenvalue weighted by molar-refractivity contribution is 0.343. The number of rotatable bonds is 4. The molecule has 174 valence electrons. The van der Waals surface area contributed by atoms with Crippen LogP contribution in [0.25, 0.3) is 16.9 Å². The summed E-state index contributed by atoms with van der Waals surface area (Å²) in [4.78, 5) is 0. The quantitative estimate of drug-likeness (QED) is 0.502. The molecule has 1 aromatic heterocycles. The van der Waals surface area contributed by atoms with Gasteiger partial charge in [0, 0.05) is 23.7 Å². The molecule has 9 heteroatoms. The monoisotopic (exact) mass is 504 g/mol. The van der Waals surface area contributed by atoms with Crippen LogP contribution in [0.15, 0.2) is 48.5 Å². The Kier molecular flexibility index (Phi) is 6.16. The van der Waals surface area contributed by atoms with Crippen molar-refractivity contribution in [2.75, 3.05) is 17.1 Å². The maximum Gasteiger partial charge on any atom is 0.236 e. The van der Waals surface area contributed by atoms with Crippen LogP contribution in [0.4, 0.5) is 5.69 Å². The Balaban J connectivity index is 1.72. The Bertz CT molecular complexity index is 1270. The van der Waals surface area contributed by atoms with E-state index in [1.54, 1.807) is 23.9 Å². The van der Waals surface area contributed by atoms with Gasteiger partial charge in [-0.1, -0.05) is 72.8 Å². The fraction of sp³-hybridized carbons (Fsp3) is 0.375. The SMILES string of the molecule is CN1c2c(nn(-c3ccc(Cl)cc3Cl)c2-c2ccccc2)C(NC2CCCCC2)CS1(=O)=O. The van der Waals surface area contributed by atoms with Crippen LogP contribution in [-0.2, 0) is 10.0 Å². The molecule has 1 N–H and O–H groups in total. The first-order valence-electron chi connectivity index (χ1n) is 11.2. The normalized spacial score (nSPS) is 20.6. The van der Waals surface area contributed by atoms with Gasteiger partial charge >= 0.3 is 0 Å². The molecule has 0 bridgehead atoms. The fourth-order valence-corrected chi connectivity index (χ4v) is 6.72. The van der Waals surface area contributed by atoms with Crippen molar-refractivity contribution in [3.05, 3.63) is 64.3 Å². The van der Waals surface area contributed by atoms with Gasteiger partial charge in [0.25, 0.3) is 0 Å². The highest BCUT2D eigenvalue weighted by molar-refractivity contribution is 7.92. The number of hydrogen-bond donors (Lipinski definition) is 1. The van der Waals surface area contributed by atoms with Gasteiger partial charge in [-0.15, -0.1) is 0 Å². The summed E-state index contributed by atoms with van der Waals surface area (Å²) in [6.45, 7) is 0. The minimum absolute atomic E-state index is 0.0212. The molecule has 0 amide bonds. The number of halogens is 2. The van der Waals surface area contributed by atoms with E-state index in [0.717, 1.165) is 36.9 Å². The minimum Gasteiger partial charge on any atom is -0.305 e. The van der Waals surface area contributed by atoms with Crippen LogP contribution in [0, 0.1) is 0 Å². The van der Waals surface area contributed by atoms with Crippen LogP contribution in [-0.4, -0.2) is 37.0 Å². The summed E-state index contributed by atoms with van der Waals surface area (Å²) >= 11 is 12.7. The number of anilines is 1. The Morgan fingerprint density at radius 1 is 1.03 bits per heavy atom. The first kappa shape index (κ1) is 22.7. The zero-order valence-electron chi connectivity index (χ0n) is 18.3. The number of nitrogens with zero attached hydrogens (tertiary/aromatic N) is 3. The van der Waals surface area contributed by atoms with Crippen LogP contribution in [0.1, 0.15) is 43.8 Å². The molecule has 1 unspecified atom stereocenters. The van der Waals surface area contributed by atoms with Crippen molar-refractivity contribution in [3.8, 4) is 16.9 Å². The highest BCUT2D eigenvalue weighted by atomic mass is 35.5. The predicted molar refractivity (Wildman–Crippen MR) is 134 cm³/mol. The van der Waals surface area contributed by atoms with E-state index in [2.05, 4.69) is 5.32 Å². The van der Waals surface area contributed by atoms with Crippen molar-refractivity contribution < 1.29 is 8.42 Å². The molecule has 33 heavy (non-hydrogen) atoms.